The summed E-state index contributed by atoms with van der Waals surface area (Å²) in [5.41, 5.74) is 2.04. The minimum Gasteiger partial charge on any atom is -0.335 e. The van der Waals surface area contributed by atoms with E-state index >= 15 is 0 Å². The third-order valence-corrected chi connectivity index (χ3v) is 8.92. The molecule has 2 heterocycles. The van der Waals surface area contributed by atoms with Crippen molar-refractivity contribution in [3.8, 4) is 0 Å². The fourth-order valence-corrected chi connectivity index (χ4v) is 6.97. The predicted octanol–water partition coefficient (Wildman–Crippen LogP) is 5.49. The van der Waals surface area contributed by atoms with Crippen LogP contribution in [-0.4, -0.2) is 36.3 Å². The van der Waals surface area contributed by atoms with E-state index < -0.39 is 10.1 Å². The molecule has 4 rings (SSSR count). The summed E-state index contributed by atoms with van der Waals surface area (Å²) in [5.74, 6) is 0.325. The van der Waals surface area contributed by atoms with Gasteiger partial charge in [-0.1, -0.05) is 51.9 Å². The Morgan fingerprint density at radius 2 is 2.03 bits per heavy atom. The highest BCUT2D eigenvalue weighted by molar-refractivity contribution is 8.04. The summed E-state index contributed by atoms with van der Waals surface area (Å²) >= 11 is 10.6. The highest BCUT2D eigenvalue weighted by atomic mass is 35.5. The van der Waals surface area contributed by atoms with Crippen molar-refractivity contribution < 1.29 is 32.2 Å². The molecule has 0 saturated heterocycles. The maximum Gasteiger partial charge on any atom is 0.265 e. The van der Waals surface area contributed by atoms with Gasteiger partial charge in [0.05, 0.1) is 22.5 Å². The van der Waals surface area contributed by atoms with E-state index in [9.17, 15) is 8.42 Å². The number of nitrogens with zero attached hydrogens (tertiary/aromatic N) is 2. The summed E-state index contributed by atoms with van der Waals surface area (Å²) in [6, 6.07) is 13.8. The fraction of sp³-hybridized carbons (Fsp3) is 0.286. The predicted molar refractivity (Wildman–Crippen MR) is 138 cm³/mol. The number of fused-ring (bicyclic) bond motifs is 2. The lowest BCUT2D eigenvalue weighted by atomic mass is 10.2. The second-order valence-corrected chi connectivity index (χ2v) is 12.3. The van der Waals surface area contributed by atoms with Gasteiger partial charge in [0.15, 0.2) is 6.54 Å². The Morgan fingerprint density at radius 3 is 2.82 bits per heavy atom. The van der Waals surface area contributed by atoms with Crippen LogP contribution in [0.5, 0.6) is 0 Å². The number of aryl methyl sites for hydroxylation is 1. The molecule has 0 amide bonds. The van der Waals surface area contributed by atoms with Gasteiger partial charge < -0.3 is 4.90 Å². The van der Waals surface area contributed by atoms with Gasteiger partial charge in [-0.2, -0.15) is 13.0 Å². The van der Waals surface area contributed by atoms with Crippen LogP contribution in [-0.2, 0) is 26.0 Å². The zero-order chi connectivity index (χ0) is 24.1. The molecule has 0 atom stereocenters. The third-order valence-electron chi connectivity index (χ3n) is 5.05. The molecule has 13 heteroatoms. The van der Waals surface area contributed by atoms with Gasteiger partial charge >= 0.3 is 0 Å². The number of aromatic nitrogens is 1. The minimum atomic E-state index is -4.02. The summed E-state index contributed by atoms with van der Waals surface area (Å²) in [4.78, 5) is 3.29. The Labute approximate surface area is 214 Å². The van der Waals surface area contributed by atoms with Crippen LogP contribution < -0.4 is 9.47 Å². The molecule has 1 aromatic heterocycles. The van der Waals surface area contributed by atoms with Gasteiger partial charge in [0.1, 0.15) is 4.70 Å². The van der Waals surface area contributed by atoms with E-state index in [2.05, 4.69) is 24.9 Å². The van der Waals surface area contributed by atoms with Crippen molar-refractivity contribution in [2.24, 2.45) is 0 Å². The number of thioether (sulfide) groups is 1. The molecule has 2 N–H and O–H groups in total. The molecule has 0 unspecified atom stereocenters. The fourth-order valence-electron chi connectivity index (χ4n) is 3.65. The molecule has 34 heavy (non-hydrogen) atoms. The molecule has 3 aromatic rings. The number of benzene rings is 2. The third kappa shape index (κ3) is 6.45. The average Bonchev–Trinajstić information content (AvgIpc) is 3.30. The average molecular weight is 562 g/mol. The monoisotopic (exact) mass is 561 g/mol. The van der Waals surface area contributed by atoms with Gasteiger partial charge in [-0.3, -0.25) is 4.55 Å². The Hall–Kier alpha value is -1.35. The van der Waals surface area contributed by atoms with Crippen LogP contribution >= 0.6 is 46.7 Å². The zero-order valence-electron chi connectivity index (χ0n) is 17.8. The topological polar surface area (TPSA) is 100 Å². The molecule has 182 valence electrons. The molecule has 0 aliphatic carbocycles. The minimum absolute atomic E-state index is 0.289. The van der Waals surface area contributed by atoms with Gasteiger partial charge in [-0.25, -0.2) is 5.26 Å². The zero-order valence-corrected chi connectivity index (χ0v) is 21.8. The van der Waals surface area contributed by atoms with Crippen LogP contribution in [0.3, 0.4) is 0 Å². The first-order valence-electron chi connectivity index (χ1n) is 10.3. The molecule has 0 saturated carbocycles. The molecular weight excluding hydrogens is 540 g/mol. The number of rotatable bonds is 11. The van der Waals surface area contributed by atoms with Crippen LogP contribution in [0.15, 0.2) is 52.4 Å². The smallest absolute Gasteiger partial charge is 0.265 e. The molecule has 1 aliphatic heterocycles. The molecule has 1 aliphatic rings. The van der Waals surface area contributed by atoms with Crippen molar-refractivity contribution in [1.82, 2.24) is 0 Å². The van der Waals surface area contributed by atoms with Crippen LogP contribution in [0.2, 0.25) is 5.02 Å². The summed E-state index contributed by atoms with van der Waals surface area (Å²) in [7, 11) is -4.02. The molecule has 8 nitrogen and oxygen atoms in total. The molecule has 0 fully saturated rings. The van der Waals surface area contributed by atoms with Crippen molar-refractivity contribution in [2.75, 3.05) is 23.0 Å². The lowest BCUT2D eigenvalue weighted by molar-refractivity contribution is -0.668. The maximum absolute atomic E-state index is 11.2. The van der Waals surface area contributed by atoms with Crippen LogP contribution in [0.4, 0.5) is 5.69 Å². The van der Waals surface area contributed by atoms with Crippen molar-refractivity contribution in [2.45, 2.75) is 24.3 Å². The normalized spacial score (nSPS) is 14.9. The summed E-state index contributed by atoms with van der Waals surface area (Å²) in [5, 5.41) is 14.6. The van der Waals surface area contributed by atoms with Crippen molar-refractivity contribution in [3.63, 3.8) is 0 Å². The standard InChI is InChI=1S/C21H21ClN2O6S4/c22-15-7-8-19-17(13-15)24(9-3-11-31-30-29-25)21(33-19)14-20-23(10-4-12-34(26,27)28)16-5-1-2-6-18(16)32-20/h1-2,5-8,13-14H,3-4,9-12H2,(H-,25,26,27,28)/p+1. The molecule has 2 aromatic carbocycles. The molecule has 0 bridgehead atoms. The van der Waals surface area contributed by atoms with Crippen LogP contribution in [0, 0.1) is 0 Å². The van der Waals surface area contributed by atoms with E-state index in [0.29, 0.717) is 30.3 Å². The number of hydrogen-bond donors (Lipinski definition) is 2. The van der Waals surface area contributed by atoms with Gasteiger partial charge in [-0.15, -0.1) is 4.33 Å². The van der Waals surface area contributed by atoms with E-state index in [0.717, 1.165) is 49.3 Å². The van der Waals surface area contributed by atoms with Crippen molar-refractivity contribution in [3.05, 3.63) is 57.5 Å². The van der Waals surface area contributed by atoms with Crippen molar-refractivity contribution in [1.29, 1.82) is 0 Å². The largest absolute Gasteiger partial charge is 0.335 e. The van der Waals surface area contributed by atoms with Gasteiger partial charge in [0, 0.05) is 46.7 Å². The van der Waals surface area contributed by atoms with Gasteiger partial charge in [0.2, 0.25) is 5.52 Å². The van der Waals surface area contributed by atoms with Gasteiger partial charge in [-0.05, 0) is 30.7 Å². The SMILES string of the molecule is O=S(=O)(O)CCC[n+]1c(C=C2Sc3ccc(Cl)cc3N2CCCSOOO)sc2ccccc21. The second-order valence-electron chi connectivity index (χ2n) is 7.37. The summed E-state index contributed by atoms with van der Waals surface area (Å²) in [6.07, 6.45) is 3.17. The Morgan fingerprint density at radius 1 is 1.21 bits per heavy atom. The second kappa shape index (κ2) is 11.6. The van der Waals surface area contributed by atoms with Gasteiger partial charge in [0.25, 0.3) is 15.1 Å². The van der Waals surface area contributed by atoms with E-state index in [4.69, 9.17) is 21.4 Å². The number of thiazole rings is 1. The Bertz CT molecular complexity index is 1300. The summed E-state index contributed by atoms with van der Waals surface area (Å²) in [6.45, 7) is 1.16. The van der Waals surface area contributed by atoms with Crippen molar-refractivity contribution >= 4 is 78.8 Å². The van der Waals surface area contributed by atoms with E-state index in [-0.39, 0.29) is 5.75 Å². The highest BCUT2D eigenvalue weighted by Crippen LogP contribution is 2.48. The van der Waals surface area contributed by atoms with Crippen LogP contribution in [0.1, 0.15) is 17.8 Å². The first kappa shape index (κ1) is 25.7. The maximum atomic E-state index is 11.2. The number of halogens is 1. The molecular formula is C21H22ClN2O6S4+. The van der Waals surface area contributed by atoms with Crippen LogP contribution in [0.25, 0.3) is 16.3 Å². The first-order chi connectivity index (χ1) is 16.4. The molecule has 0 radical (unpaired) electrons. The Balaban J connectivity index is 1.65. The van der Waals surface area contributed by atoms with E-state index in [1.807, 2.05) is 42.5 Å². The lowest BCUT2D eigenvalue weighted by Gasteiger charge is -2.20. The number of hydrogen-bond acceptors (Lipinski definition) is 9. The quantitative estimate of drug-likeness (QED) is 0.0785. The Kier molecular flexibility index (Phi) is 8.77. The summed E-state index contributed by atoms with van der Waals surface area (Å²) < 4.78 is 39.3. The number of anilines is 1. The lowest BCUT2D eigenvalue weighted by Crippen LogP contribution is -2.36. The van der Waals surface area contributed by atoms with E-state index in [1.165, 1.54) is 0 Å². The highest BCUT2D eigenvalue weighted by Gasteiger charge is 2.28. The number of para-hydroxylation sites is 1. The molecule has 0 spiro atoms. The van der Waals surface area contributed by atoms with E-state index in [1.54, 1.807) is 23.1 Å². The first-order valence-corrected chi connectivity index (χ1v) is 14.8.